The third-order valence-electron chi connectivity index (χ3n) is 3.95. The van der Waals surface area contributed by atoms with Gasteiger partial charge in [0.2, 0.25) is 0 Å². The van der Waals surface area contributed by atoms with Crippen molar-refractivity contribution < 1.29 is 4.74 Å². The van der Waals surface area contributed by atoms with Gasteiger partial charge >= 0.3 is 0 Å². The number of benzene rings is 1. The van der Waals surface area contributed by atoms with Crippen LogP contribution in [0.1, 0.15) is 29.2 Å². The summed E-state index contributed by atoms with van der Waals surface area (Å²) in [6.07, 6.45) is 7.20. The molecule has 4 heteroatoms. The Morgan fingerprint density at radius 1 is 1.45 bits per heavy atom. The maximum atomic E-state index is 5.55. The molecule has 4 nitrogen and oxygen atoms in total. The van der Waals surface area contributed by atoms with Crippen LogP contribution >= 0.6 is 0 Å². The Morgan fingerprint density at radius 2 is 2.35 bits per heavy atom. The van der Waals surface area contributed by atoms with E-state index in [4.69, 9.17) is 4.74 Å². The first-order chi connectivity index (χ1) is 9.76. The number of rotatable bonds is 5. The molecule has 2 heterocycles. The highest BCUT2D eigenvalue weighted by atomic mass is 16.5. The summed E-state index contributed by atoms with van der Waals surface area (Å²) < 4.78 is 7.40. The van der Waals surface area contributed by atoms with E-state index in [0.29, 0.717) is 6.04 Å². The van der Waals surface area contributed by atoms with Crippen molar-refractivity contribution in [3.8, 4) is 5.75 Å². The fourth-order valence-corrected chi connectivity index (χ4v) is 2.80. The van der Waals surface area contributed by atoms with Gasteiger partial charge in [0.15, 0.2) is 0 Å². The molecule has 1 aliphatic heterocycles. The Hall–Kier alpha value is -1.81. The van der Waals surface area contributed by atoms with E-state index in [9.17, 15) is 0 Å². The van der Waals surface area contributed by atoms with Crippen LogP contribution in [0.15, 0.2) is 30.6 Å². The minimum atomic E-state index is 0.355. The molecule has 3 rings (SSSR count). The van der Waals surface area contributed by atoms with Crippen LogP contribution in [0, 0.1) is 0 Å². The average molecular weight is 271 g/mol. The number of fused-ring (bicyclic) bond motifs is 1. The molecule has 0 aliphatic carbocycles. The number of hydrogen-bond donors (Lipinski definition) is 1. The van der Waals surface area contributed by atoms with Crippen molar-refractivity contribution in [1.82, 2.24) is 15.1 Å². The van der Waals surface area contributed by atoms with Gasteiger partial charge in [-0.3, -0.25) is 4.68 Å². The largest absolute Gasteiger partial charge is 0.493 e. The molecule has 1 aromatic carbocycles. The number of aryl methyl sites for hydroxylation is 2. The number of aromatic nitrogens is 2. The van der Waals surface area contributed by atoms with Crippen molar-refractivity contribution in [2.75, 3.05) is 13.7 Å². The summed E-state index contributed by atoms with van der Waals surface area (Å²) in [6.45, 7) is 0.827. The minimum absolute atomic E-state index is 0.355. The summed E-state index contributed by atoms with van der Waals surface area (Å²) >= 11 is 0. The van der Waals surface area contributed by atoms with E-state index >= 15 is 0 Å². The molecule has 1 aliphatic rings. The molecular weight excluding hydrogens is 250 g/mol. The molecule has 0 amide bonds. The number of ether oxygens (including phenoxy) is 1. The molecule has 0 fully saturated rings. The van der Waals surface area contributed by atoms with Crippen molar-refractivity contribution in [2.24, 2.45) is 7.05 Å². The SMILES string of the molecule is CNC(CCc1ccc2c(c1)CCO2)c1cnn(C)c1. The lowest BCUT2D eigenvalue weighted by molar-refractivity contribution is 0.357. The summed E-state index contributed by atoms with van der Waals surface area (Å²) in [4.78, 5) is 0. The van der Waals surface area contributed by atoms with Crippen LogP contribution in [0.2, 0.25) is 0 Å². The number of nitrogens with one attached hydrogen (secondary N) is 1. The van der Waals surface area contributed by atoms with Crippen molar-refractivity contribution in [3.05, 3.63) is 47.3 Å². The highest BCUT2D eigenvalue weighted by Gasteiger charge is 2.14. The Morgan fingerprint density at radius 3 is 3.10 bits per heavy atom. The first-order valence-electron chi connectivity index (χ1n) is 7.16. The Bertz CT molecular complexity index is 591. The number of hydrogen-bond acceptors (Lipinski definition) is 3. The second-order valence-corrected chi connectivity index (χ2v) is 5.37. The molecule has 106 valence electrons. The van der Waals surface area contributed by atoms with E-state index in [-0.39, 0.29) is 0 Å². The molecule has 2 aromatic rings. The fraction of sp³-hybridized carbons (Fsp3) is 0.438. The van der Waals surface area contributed by atoms with Crippen molar-refractivity contribution >= 4 is 0 Å². The topological polar surface area (TPSA) is 39.1 Å². The lowest BCUT2D eigenvalue weighted by Crippen LogP contribution is -2.16. The van der Waals surface area contributed by atoms with E-state index < -0.39 is 0 Å². The lowest BCUT2D eigenvalue weighted by Gasteiger charge is -2.14. The molecule has 0 radical (unpaired) electrons. The Kier molecular flexibility index (Phi) is 3.74. The van der Waals surface area contributed by atoms with Gasteiger partial charge in [-0.2, -0.15) is 5.10 Å². The zero-order valence-corrected chi connectivity index (χ0v) is 12.1. The van der Waals surface area contributed by atoms with Gasteiger partial charge in [0.05, 0.1) is 12.8 Å². The van der Waals surface area contributed by atoms with Gasteiger partial charge in [0.1, 0.15) is 5.75 Å². The van der Waals surface area contributed by atoms with Crippen LogP contribution in [0.4, 0.5) is 0 Å². The molecule has 0 spiro atoms. The van der Waals surface area contributed by atoms with Crippen LogP contribution in [-0.2, 0) is 19.9 Å². The van der Waals surface area contributed by atoms with Gasteiger partial charge in [-0.1, -0.05) is 12.1 Å². The zero-order valence-electron chi connectivity index (χ0n) is 12.1. The van der Waals surface area contributed by atoms with E-state index in [2.05, 4.69) is 34.8 Å². The average Bonchev–Trinajstić information content (AvgIpc) is 3.08. The molecule has 1 aromatic heterocycles. The highest BCUT2D eigenvalue weighted by Crippen LogP contribution is 2.27. The van der Waals surface area contributed by atoms with Gasteiger partial charge in [-0.15, -0.1) is 0 Å². The van der Waals surface area contributed by atoms with Gasteiger partial charge < -0.3 is 10.1 Å². The minimum Gasteiger partial charge on any atom is -0.493 e. The maximum Gasteiger partial charge on any atom is 0.122 e. The highest BCUT2D eigenvalue weighted by molar-refractivity contribution is 5.39. The van der Waals surface area contributed by atoms with E-state index in [1.807, 2.05) is 25.0 Å². The summed E-state index contributed by atoms with van der Waals surface area (Å²) in [5, 5.41) is 7.62. The van der Waals surface area contributed by atoms with E-state index in [0.717, 1.165) is 31.6 Å². The fourth-order valence-electron chi connectivity index (χ4n) is 2.80. The molecule has 0 saturated carbocycles. The van der Waals surface area contributed by atoms with Crippen LogP contribution < -0.4 is 10.1 Å². The van der Waals surface area contributed by atoms with Crippen molar-refractivity contribution in [1.29, 1.82) is 0 Å². The molecule has 20 heavy (non-hydrogen) atoms. The van der Waals surface area contributed by atoms with Gasteiger partial charge in [0, 0.05) is 31.3 Å². The predicted octanol–water partition coefficient (Wildman–Crippen LogP) is 2.25. The third kappa shape index (κ3) is 2.70. The van der Waals surface area contributed by atoms with Crippen LogP contribution in [0.25, 0.3) is 0 Å². The molecule has 1 N–H and O–H groups in total. The van der Waals surface area contributed by atoms with Crippen LogP contribution in [0.3, 0.4) is 0 Å². The number of nitrogens with zero attached hydrogens (tertiary/aromatic N) is 2. The third-order valence-corrected chi connectivity index (χ3v) is 3.95. The van der Waals surface area contributed by atoms with Gasteiger partial charge in [-0.05, 0) is 37.1 Å². The summed E-state index contributed by atoms with van der Waals surface area (Å²) in [7, 11) is 3.96. The Labute approximate surface area is 119 Å². The van der Waals surface area contributed by atoms with Crippen LogP contribution in [-0.4, -0.2) is 23.4 Å². The maximum absolute atomic E-state index is 5.55. The molecule has 0 saturated heterocycles. The van der Waals surface area contributed by atoms with Gasteiger partial charge in [-0.25, -0.2) is 0 Å². The quantitative estimate of drug-likeness (QED) is 0.906. The smallest absolute Gasteiger partial charge is 0.122 e. The van der Waals surface area contributed by atoms with Crippen LogP contribution in [0.5, 0.6) is 5.75 Å². The van der Waals surface area contributed by atoms with E-state index in [1.54, 1.807) is 0 Å². The summed E-state index contributed by atoms with van der Waals surface area (Å²) in [5.74, 6) is 1.06. The molecular formula is C16H21N3O. The molecule has 1 atom stereocenters. The zero-order chi connectivity index (χ0) is 13.9. The first-order valence-corrected chi connectivity index (χ1v) is 7.16. The second-order valence-electron chi connectivity index (χ2n) is 5.37. The predicted molar refractivity (Wildman–Crippen MR) is 79.0 cm³/mol. The Balaban J connectivity index is 1.66. The first kappa shape index (κ1) is 13.2. The normalized spacial score (nSPS) is 14.9. The monoisotopic (exact) mass is 271 g/mol. The van der Waals surface area contributed by atoms with E-state index in [1.165, 1.54) is 16.7 Å². The molecule has 0 bridgehead atoms. The molecule has 1 unspecified atom stereocenters. The van der Waals surface area contributed by atoms with Crippen molar-refractivity contribution in [2.45, 2.75) is 25.3 Å². The summed E-state index contributed by atoms with van der Waals surface area (Å²) in [5.41, 5.74) is 3.99. The van der Waals surface area contributed by atoms with Gasteiger partial charge in [0.25, 0.3) is 0 Å². The van der Waals surface area contributed by atoms with Crippen molar-refractivity contribution in [3.63, 3.8) is 0 Å². The summed E-state index contributed by atoms with van der Waals surface area (Å²) in [6, 6.07) is 6.93. The standard InChI is InChI=1S/C16H21N3O/c1-17-15(14-10-18-19(2)11-14)5-3-12-4-6-16-13(9-12)7-8-20-16/h4,6,9-11,15,17H,3,5,7-8H2,1-2H3. The second kappa shape index (κ2) is 5.67. The lowest BCUT2D eigenvalue weighted by atomic mass is 9.99.